The zero-order valence-electron chi connectivity index (χ0n) is 12.7. The monoisotopic (exact) mass is 289 g/mol. The van der Waals surface area contributed by atoms with Crippen LogP contribution >= 0.6 is 0 Å². The molecule has 1 atom stereocenters. The van der Waals surface area contributed by atoms with Crippen LogP contribution < -0.4 is 0 Å². The van der Waals surface area contributed by atoms with E-state index in [0.29, 0.717) is 0 Å². The van der Waals surface area contributed by atoms with Gasteiger partial charge in [-0.05, 0) is 32.9 Å². The molecule has 0 spiro atoms. The lowest BCUT2D eigenvalue weighted by molar-refractivity contribution is -0.152. The third kappa shape index (κ3) is 5.28. The number of hydrogen-bond donors (Lipinski definition) is 0. The molecule has 0 bridgehead atoms. The van der Waals surface area contributed by atoms with E-state index >= 15 is 0 Å². The summed E-state index contributed by atoms with van der Waals surface area (Å²) >= 11 is 0. The van der Waals surface area contributed by atoms with Gasteiger partial charge >= 0.3 is 11.7 Å². The van der Waals surface area contributed by atoms with Crippen molar-refractivity contribution >= 4 is 17.5 Å². The van der Waals surface area contributed by atoms with Gasteiger partial charge in [0.1, 0.15) is 5.60 Å². The van der Waals surface area contributed by atoms with E-state index in [4.69, 9.17) is 10.3 Å². The second-order valence-corrected chi connectivity index (χ2v) is 5.73. The largest absolute Gasteiger partial charge is 0.451 e. The lowest BCUT2D eigenvalue weighted by Gasteiger charge is -2.17. The lowest BCUT2D eigenvalue weighted by atomic mass is 9.98. The quantitative estimate of drug-likeness (QED) is 0.273. The first-order valence-corrected chi connectivity index (χ1v) is 6.64. The van der Waals surface area contributed by atoms with Crippen LogP contribution in [0.3, 0.4) is 0 Å². The number of ether oxygens (including phenoxy) is 1. The number of hydrogen-bond acceptors (Lipinski definition) is 4. The van der Waals surface area contributed by atoms with Gasteiger partial charge in [0.15, 0.2) is 0 Å². The van der Waals surface area contributed by atoms with E-state index in [1.54, 1.807) is 39.1 Å². The number of Topliss-reactive ketones (excluding diaryl/α,β-unsaturated/α-hetero) is 1. The van der Waals surface area contributed by atoms with Crippen LogP contribution in [0.25, 0.3) is 5.53 Å². The van der Waals surface area contributed by atoms with Crippen molar-refractivity contribution in [2.45, 2.75) is 45.6 Å². The average molecular weight is 289 g/mol. The summed E-state index contributed by atoms with van der Waals surface area (Å²) in [4.78, 5) is 30.8. The highest BCUT2D eigenvalue weighted by Gasteiger charge is 2.34. The molecule has 0 N–H and O–H groups in total. The first kappa shape index (κ1) is 16.7. The Morgan fingerprint density at radius 3 is 2.52 bits per heavy atom. The molecule has 0 aliphatic rings. The molecule has 21 heavy (non-hydrogen) atoms. The summed E-state index contributed by atoms with van der Waals surface area (Å²) in [6.45, 7) is 6.81. The van der Waals surface area contributed by atoms with Gasteiger partial charge in [0.05, 0.1) is 0 Å². The molecule has 0 aliphatic heterocycles. The minimum atomic E-state index is -0.928. The Labute approximate surface area is 123 Å². The van der Waals surface area contributed by atoms with Gasteiger partial charge in [0, 0.05) is 24.2 Å². The van der Waals surface area contributed by atoms with Gasteiger partial charge in [-0.1, -0.05) is 13.0 Å². The van der Waals surface area contributed by atoms with E-state index in [1.807, 2.05) is 13.0 Å². The second-order valence-electron chi connectivity index (χ2n) is 5.73. The van der Waals surface area contributed by atoms with Crippen molar-refractivity contribution in [3.8, 4) is 0 Å². The molecule has 1 heterocycles. The Kier molecular flexibility index (Phi) is 5.50. The number of nitrogens with zero attached hydrogens (tertiary/aromatic N) is 3. The number of pyridine rings is 1. The standard InChI is InChI=1S/C15H19N3O3/c1-10(11-7-5-6-8-17-11)9-12(19)13(18-16)14(20)21-15(2,3)4/h5-8,10H,9H2,1-4H3. The molecule has 1 unspecified atom stereocenters. The van der Waals surface area contributed by atoms with E-state index in [9.17, 15) is 9.59 Å². The van der Waals surface area contributed by atoms with Gasteiger partial charge in [-0.15, -0.1) is 0 Å². The lowest BCUT2D eigenvalue weighted by Crippen LogP contribution is -2.34. The third-order valence-corrected chi connectivity index (χ3v) is 2.64. The highest BCUT2D eigenvalue weighted by molar-refractivity contribution is 6.62. The van der Waals surface area contributed by atoms with Crippen LogP contribution in [0.15, 0.2) is 24.4 Å². The van der Waals surface area contributed by atoms with E-state index in [2.05, 4.69) is 9.77 Å². The molecule has 112 valence electrons. The van der Waals surface area contributed by atoms with Crippen LogP contribution in [0.5, 0.6) is 0 Å². The van der Waals surface area contributed by atoms with Gasteiger partial charge in [-0.25, -0.2) is 4.79 Å². The Morgan fingerprint density at radius 1 is 1.38 bits per heavy atom. The van der Waals surface area contributed by atoms with Crippen LogP contribution in [0, 0.1) is 0 Å². The number of carbonyl (C=O) groups excluding carboxylic acids is 2. The van der Waals surface area contributed by atoms with E-state index in [1.165, 1.54) is 0 Å². The van der Waals surface area contributed by atoms with Crippen LogP contribution in [0.1, 0.15) is 45.7 Å². The Morgan fingerprint density at radius 2 is 2.05 bits per heavy atom. The summed E-state index contributed by atoms with van der Waals surface area (Å²) in [5.41, 5.74) is 8.27. The fourth-order valence-electron chi connectivity index (χ4n) is 1.68. The first-order valence-electron chi connectivity index (χ1n) is 6.64. The molecule has 1 aromatic heterocycles. The fourth-order valence-corrected chi connectivity index (χ4v) is 1.68. The number of esters is 1. The summed E-state index contributed by atoms with van der Waals surface area (Å²) < 4.78 is 5.03. The number of aromatic nitrogens is 1. The van der Waals surface area contributed by atoms with Crippen molar-refractivity contribution in [3.63, 3.8) is 0 Å². The smallest absolute Gasteiger partial charge is 0.441 e. The molecule has 0 saturated carbocycles. The Balaban J connectivity index is 2.77. The molecule has 0 saturated heterocycles. The maximum Gasteiger partial charge on any atom is 0.441 e. The van der Waals surface area contributed by atoms with E-state index in [-0.39, 0.29) is 12.3 Å². The zero-order chi connectivity index (χ0) is 16.0. The van der Waals surface area contributed by atoms with Crippen LogP contribution in [0.4, 0.5) is 0 Å². The summed E-state index contributed by atoms with van der Waals surface area (Å²) in [5.74, 6) is -1.70. The summed E-state index contributed by atoms with van der Waals surface area (Å²) in [6.07, 6.45) is 1.64. The zero-order valence-corrected chi connectivity index (χ0v) is 12.7. The fraction of sp³-hybridized carbons (Fsp3) is 0.467. The van der Waals surface area contributed by atoms with E-state index < -0.39 is 23.1 Å². The number of carbonyl (C=O) groups is 2. The van der Waals surface area contributed by atoms with Crippen LogP contribution in [-0.2, 0) is 14.3 Å². The van der Waals surface area contributed by atoms with Gasteiger partial charge < -0.3 is 10.3 Å². The number of ketones is 1. The molecule has 0 aromatic carbocycles. The van der Waals surface area contributed by atoms with Crippen molar-refractivity contribution in [1.29, 1.82) is 0 Å². The van der Waals surface area contributed by atoms with Crippen molar-refractivity contribution in [3.05, 3.63) is 35.6 Å². The van der Waals surface area contributed by atoms with Crippen LogP contribution in [-0.4, -0.2) is 32.8 Å². The minimum absolute atomic E-state index is 0.00957. The average Bonchev–Trinajstić information content (AvgIpc) is 2.38. The molecule has 0 radical (unpaired) electrons. The van der Waals surface area contributed by atoms with Crippen LogP contribution in [0.2, 0.25) is 0 Å². The summed E-state index contributed by atoms with van der Waals surface area (Å²) in [6, 6.07) is 5.39. The first-order chi connectivity index (χ1) is 9.74. The maximum atomic E-state index is 12.1. The topological polar surface area (TPSA) is 92.7 Å². The normalized spacial score (nSPS) is 12.2. The second kappa shape index (κ2) is 6.90. The summed E-state index contributed by atoms with van der Waals surface area (Å²) in [7, 11) is 0. The van der Waals surface area contributed by atoms with Crippen molar-refractivity contribution < 1.29 is 19.1 Å². The molecular formula is C15H19N3O3. The van der Waals surface area contributed by atoms with Gasteiger partial charge in [0.2, 0.25) is 0 Å². The van der Waals surface area contributed by atoms with Gasteiger partial charge in [-0.3, -0.25) is 9.78 Å². The highest BCUT2D eigenvalue weighted by Crippen LogP contribution is 2.17. The SMILES string of the molecule is CC(CC(=O)C(=[N+]=[N-])C(=O)OC(C)(C)C)c1ccccn1. The molecule has 6 nitrogen and oxygen atoms in total. The minimum Gasteiger partial charge on any atom is -0.451 e. The molecule has 0 amide bonds. The molecule has 0 aliphatic carbocycles. The molecule has 0 fully saturated rings. The predicted molar refractivity (Wildman–Crippen MR) is 76.7 cm³/mol. The van der Waals surface area contributed by atoms with Crippen molar-refractivity contribution in [2.75, 3.05) is 0 Å². The third-order valence-electron chi connectivity index (χ3n) is 2.64. The molecule has 6 heteroatoms. The maximum absolute atomic E-state index is 12.1. The van der Waals surface area contributed by atoms with Gasteiger partial charge in [0.25, 0.3) is 5.78 Å². The molecule has 1 rings (SSSR count). The van der Waals surface area contributed by atoms with Crippen molar-refractivity contribution in [2.24, 2.45) is 0 Å². The molecular weight excluding hydrogens is 270 g/mol. The Hall–Kier alpha value is -2.33. The highest BCUT2D eigenvalue weighted by atomic mass is 16.6. The Bertz CT molecular complexity index is 570. The number of rotatable bonds is 5. The van der Waals surface area contributed by atoms with Crippen molar-refractivity contribution in [1.82, 2.24) is 4.98 Å². The predicted octanol–water partition coefficient (Wildman–Crippen LogP) is 2.16. The van der Waals surface area contributed by atoms with Gasteiger partial charge in [-0.2, -0.15) is 4.79 Å². The molecule has 1 aromatic rings. The van der Waals surface area contributed by atoms with E-state index in [0.717, 1.165) is 5.69 Å². The summed E-state index contributed by atoms with van der Waals surface area (Å²) in [5, 5.41) is 0.